The molecule has 2 amide bonds. The van der Waals surface area contributed by atoms with Gasteiger partial charge in [0, 0.05) is 23.2 Å². The second-order valence-electron chi connectivity index (χ2n) is 9.58. The van der Waals surface area contributed by atoms with E-state index < -0.39 is 34.1 Å². The van der Waals surface area contributed by atoms with Gasteiger partial charge in [-0.05, 0) is 51.0 Å². The summed E-state index contributed by atoms with van der Waals surface area (Å²) in [5, 5.41) is 3.35. The van der Waals surface area contributed by atoms with Crippen molar-refractivity contribution in [3.8, 4) is 11.5 Å². The first-order valence-electron chi connectivity index (χ1n) is 11.8. The highest BCUT2D eigenvalue weighted by Crippen LogP contribution is 2.34. The molecule has 0 bridgehead atoms. The number of sulfonamides is 1. The Labute approximate surface area is 224 Å². The molecule has 2 rings (SSSR count). The first-order chi connectivity index (χ1) is 17.2. The molecule has 1 atom stereocenters. The third kappa shape index (κ3) is 8.26. The van der Waals surface area contributed by atoms with Crippen molar-refractivity contribution >= 4 is 39.1 Å². The zero-order chi connectivity index (χ0) is 28.0. The minimum absolute atomic E-state index is 0.0198. The topological polar surface area (TPSA) is 105 Å². The maximum Gasteiger partial charge on any atom is 0.244 e. The van der Waals surface area contributed by atoms with Gasteiger partial charge in [-0.1, -0.05) is 36.7 Å². The van der Waals surface area contributed by atoms with Crippen molar-refractivity contribution in [1.29, 1.82) is 0 Å². The molecular formula is C26H36ClN3O6S. The van der Waals surface area contributed by atoms with E-state index >= 15 is 0 Å². The Hall–Kier alpha value is -2.98. The summed E-state index contributed by atoms with van der Waals surface area (Å²) in [4.78, 5) is 28.4. The van der Waals surface area contributed by atoms with Crippen molar-refractivity contribution in [3.05, 3.63) is 53.1 Å². The summed E-state index contributed by atoms with van der Waals surface area (Å²) in [5.74, 6) is -0.235. The average molecular weight is 554 g/mol. The molecule has 1 N–H and O–H groups in total. The predicted molar refractivity (Wildman–Crippen MR) is 146 cm³/mol. The number of ether oxygens (including phenoxy) is 2. The fraction of sp³-hybridized carbons (Fsp3) is 0.462. The van der Waals surface area contributed by atoms with Crippen LogP contribution in [0.25, 0.3) is 0 Å². The summed E-state index contributed by atoms with van der Waals surface area (Å²) in [5.41, 5.74) is 0.273. The van der Waals surface area contributed by atoms with Crippen LogP contribution in [0.2, 0.25) is 5.02 Å². The molecular weight excluding hydrogens is 518 g/mol. The van der Waals surface area contributed by atoms with Crippen LogP contribution in [0.5, 0.6) is 11.5 Å². The van der Waals surface area contributed by atoms with E-state index in [9.17, 15) is 18.0 Å². The smallest absolute Gasteiger partial charge is 0.244 e. The molecule has 0 radical (unpaired) electrons. The zero-order valence-corrected chi connectivity index (χ0v) is 23.9. The van der Waals surface area contributed by atoms with E-state index in [1.165, 1.54) is 31.3 Å². The third-order valence-electron chi connectivity index (χ3n) is 5.52. The molecule has 11 heteroatoms. The number of halogens is 1. The minimum atomic E-state index is -3.92. The maximum absolute atomic E-state index is 13.8. The van der Waals surface area contributed by atoms with Gasteiger partial charge in [-0.2, -0.15) is 0 Å². The number of methoxy groups -OCH3 is 2. The molecule has 2 aromatic carbocycles. The number of nitrogens with one attached hydrogen (secondary N) is 1. The number of amides is 2. The summed E-state index contributed by atoms with van der Waals surface area (Å²) >= 11 is 6.38. The predicted octanol–water partition coefficient (Wildman–Crippen LogP) is 3.85. The lowest BCUT2D eigenvalue weighted by atomic mass is 10.1. The Morgan fingerprint density at radius 2 is 1.73 bits per heavy atom. The van der Waals surface area contributed by atoms with Crippen LogP contribution >= 0.6 is 11.6 Å². The monoisotopic (exact) mass is 553 g/mol. The summed E-state index contributed by atoms with van der Waals surface area (Å²) in [7, 11) is -1.05. The number of carbonyl (C=O) groups excluding carboxylic acids is 2. The molecule has 0 saturated carbocycles. The molecule has 0 aliphatic rings. The quantitative estimate of drug-likeness (QED) is 0.453. The Balaban J connectivity index is 2.54. The third-order valence-corrected chi connectivity index (χ3v) is 7.01. The van der Waals surface area contributed by atoms with Crippen LogP contribution in [0.1, 0.15) is 39.7 Å². The van der Waals surface area contributed by atoms with Crippen LogP contribution in [0.4, 0.5) is 5.69 Å². The largest absolute Gasteiger partial charge is 0.497 e. The number of rotatable bonds is 11. The van der Waals surface area contributed by atoms with Crippen molar-refractivity contribution in [2.24, 2.45) is 0 Å². The van der Waals surface area contributed by atoms with E-state index in [4.69, 9.17) is 21.1 Å². The second kappa shape index (κ2) is 12.5. The molecule has 2 aromatic rings. The van der Waals surface area contributed by atoms with Crippen molar-refractivity contribution in [2.45, 2.75) is 52.2 Å². The normalized spacial score (nSPS) is 12.4. The maximum atomic E-state index is 13.8. The second-order valence-corrected chi connectivity index (χ2v) is 11.9. The molecule has 9 nitrogen and oxygen atoms in total. The molecule has 0 heterocycles. The molecule has 0 unspecified atom stereocenters. The van der Waals surface area contributed by atoms with Gasteiger partial charge >= 0.3 is 0 Å². The fourth-order valence-electron chi connectivity index (χ4n) is 3.77. The standard InChI is InChI=1S/C26H36ClN3O6S/c1-8-21(25(32)28-26(2,3)4)29(16-18-11-9-10-12-20(18)27)24(31)17-30(37(7,33)34)22-14-13-19(35-5)15-23(22)36-6/h9-15,21H,8,16-17H2,1-7H3,(H,28,32)/t21-/m1/s1. The van der Waals surface area contributed by atoms with Gasteiger partial charge in [0.25, 0.3) is 0 Å². The van der Waals surface area contributed by atoms with E-state index in [2.05, 4.69) is 5.32 Å². The van der Waals surface area contributed by atoms with Crippen molar-refractivity contribution in [1.82, 2.24) is 10.2 Å². The van der Waals surface area contributed by atoms with Crippen molar-refractivity contribution in [3.63, 3.8) is 0 Å². The van der Waals surface area contributed by atoms with Crippen molar-refractivity contribution < 1.29 is 27.5 Å². The Morgan fingerprint density at radius 1 is 1.08 bits per heavy atom. The molecule has 37 heavy (non-hydrogen) atoms. The molecule has 0 spiro atoms. The highest BCUT2D eigenvalue weighted by molar-refractivity contribution is 7.92. The Morgan fingerprint density at radius 3 is 2.24 bits per heavy atom. The highest BCUT2D eigenvalue weighted by atomic mass is 35.5. The number of hydrogen-bond acceptors (Lipinski definition) is 6. The number of nitrogens with zero attached hydrogens (tertiary/aromatic N) is 2. The van der Waals surface area contributed by atoms with Gasteiger partial charge in [-0.3, -0.25) is 13.9 Å². The summed E-state index contributed by atoms with van der Waals surface area (Å²) in [6.45, 7) is 6.80. The Bertz CT molecular complexity index is 1210. The Kier molecular flexibility index (Phi) is 10.2. The van der Waals surface area contributed by atoms with Gasteiger partial charge < -0.3 is 19.7 Å². The lowest BCUT2D eigenvalue weighted by molar-refractivity contribution is -0.141. The summed E-state index contributed by atoms with van der Waals surface area (Å²) in [6, 6.07) is 10.8. The fourth-order valence-corrected chi connectivity index (χ4v) is 4.82. The first-order valence-corrected chi connectivity index (χ1v) is 14.0. The van der Waals surface area contributed by atoms with Gasteiger partial charge in [-0.15, -0.1) is 0 Å². The van der Waals surface area contributed by atoms with Crippen LogP contribution in [-0.4, -0.2) is 63.7 Å². The van der Waals surface area contributed by atoms with Gasteiger partial charge in [0.2, 0.25) is 21.8 Å². The van der Waals surface area contributed by atoms with Crippen molar-refractivity contribution in [2.75, 3.05) is 31.3 Å². The number of hydrogen-bond donors (Lipinski definition) is 1. The van der Waals surface area contributed by atoms with Crippen LogP contribution < -0.4 is 19.1 Å². The van der Waals surface area contributed by atoms with E-state index in [1.54, 1.807) is 37.3 Å². The van der Waals surface area contributed by atoms with Gasteiger partial charge in [0.15, 0.2) is 0 Å². The van der Waals surface area contributed by atoms with Gasteiger partial charge in [0.1, 0.15) is 24.1 Å². The SMILES string of the molecule is CC[C@H](C(=O)NC(C)(C)C)N(Cc1ccccc1Cl)C(=O)CN(c1ccc(OC)cc1OC)S(C)(=O)=O. The van der Waals surface area contributed by atoms with Crippen LogP contribution in [0.15, 0.2) is 42.5 Å². The molecule has 0 aliphatic heterocycles. The average Bonchev–Trinajstić information content (AvgIpc) is 2.81. The van der Waals surface area contributed by atoms with Crippen LogP contribution in [-0.2, 0) is 26.2 Å². The molecule has 204 valence electrons. The number of benzene rings is 2. The first kappa shape index (κ1) is 30.2. The summed E-state index contributed by atoms with van der Waals surface area (Å²) < 4.78 is 37.3. The van der Waals surface area contributed by atoms with E-state index in [0.29, 0.717) is 22.8 Å². The molecule has 0 fully saturated rings. The van der Waals surface area contributed by atoms with Gasteiger partial charge in [-0.25, -0.2) is 8.42 Å². The highest BCUT2D eigenvalue weighted by Gasteiger charge is 2.34. The number of anilines is 1. The lowest BCUT2D eigenvalue weighted by Crippen LogP contribution is -2.55. The lowest BCUT2D eigenvalue weighted by Gasteiger charge is -2.34. The molecule has 0 saturated heterocycles. The number of carbonyl (C=O) groups is 2. The van der Waals surface area contributed by atoms with Crippen LogP contribution in [0, 0.1) is 0 Å². The summed E-state index contributed by atoms with van der Waals surface area (Å²) in [6.07, 6.45) is 1.31. The van der Waals surface area contributed by atoms with Gasteiger partial charge in [0.05, 0.1) is 26.2 Å². The van der Waals surface area contributed by atoms with Crippen LogP contribution in [0.3, 0.4) is 0 Å². The zero-order valence-electron chi connectivity index (χ0n) is 22.4. The van der Waals surface area contributed by atoms with E-state index in [0.717, 1.165) is 10.6 Å². The van der Waals surface area contributed by atoms with E-state index in [-0.39, 0.29) is 23.9 Å². The minimum Gasteiger partial charge on any atom is -0.497 e. The molecule has 0 aliphatic carbocycles. The van der Waals surface area contributed by atoms with E-state index in [1.807, 2.05) is 20.8 Å². The molecule has 0 aromatic heterocycles.